The Labute approximate surface area is 283 Å². The van der Waals surface area contributed by atoms with Crippen molar-refractivity contribution in [3.8, 4) is 0 Å². The molecule has 1 aliphatic heterocycles. The molecule has 2 aromatic carbocycles. The van der Waals surface area contributed by atoms with Crippen LogP contribution in [0.15, 0.2) is 84.5 Å². The van der Waals surface area contributed by atoms with Gasteiger partial charge in [0, 0.05) is 17.7 Å². The molecule has 0 radical (unpaired) electrons. The lowest BCUT2D eigenvalue weighted by Crippen LogP contribution is -2.32. The van der Waals surface area contributed by atoms with Crippen LogP contribution in [0.3, 0.4) is 0 Å². The molecule has 1 aliphatic rings. The minimum Gasteiger partial charge on any atom is -0.366 e. The van der Waals surface area contributed by atoms with Gasteiger partial charge in [0.15, 0.2) is 5.78 Å². The fraction of sp³-hybridized carbons (Fsp3) is 0.500. The molecule has 0 saturated carbocycles. The van der Waals surface area contributed by atoms with E-state index in [1.54, 1.807) is 19.1 Å². The molecular weight excluding hydrogens is 597 g/mol. The molecule has 0 spiro atoms. The predicted molar refractivity (Wildman–Crippen MR) is 192 cm³/mol. The summed E-state index contributed by atoms with van der Waals surface area (Å²) >= 11 is 0. The molecule has 7 heteroatoms. The Morgan fingerprint density at radius 3 is 1.83 bits per heavy atom. The minimum atomic E-state index is -4.21. The van der Waals surface area contributed by atoms with Crippen molar-refractivity contribution in [2.75, 3.05) is 13.1 Å². The van der Waals surface area contributed by atoms with Crippen molar-refractivity contribution in [2.24, 2.45) is 17.6 Å². The number of likely N-dealkylation sites (tertiary alicyclic amines) is 1. The summed E-state index contributed by atoms with van der Waals surface area (Å²) in [6, 6.07) is 12.7. The van der Waals surface area contributed by atoms with E-state index < -0.39 is 11.7 Å². The fourth-order valence-corrected chi connectivity index (χ4v) is 4.71. The van der Waals surface area contributed by atoms with E-state index in [2.05, 4.69) is 39.2 Å². The van der Waals surface area contributed by atoms with E-state index in [0.717, 1.165) is 36.1 Å². The van der Waals surface area contributed by atoms with Gasteiger partial charge in [0.2, 0.25) is 5.91 Å². The molecular formula is C40H59F3N2O2. The maximum Gasteiger partial charge on any atom is 0.416 e. The number of nitrogens with two attached hydrogens (primary N) is 1. The average Bonchev–Trinajstić information content (AvgIpc) is 3.00. The number of rotatable bonds is 10. The smallest absolute Gasteiger partial charge is 0.366 e. The quantitative estimate of drug-likeness (QED) is 0.204. The summed E-state index contributed by atoms with van der Waals surface area (Å²) in [5.41, 5.74) is 9.12. The van der Waals surface area contributed by atoms with Gasteiger partial charge in [0.25, 0.3) is 0 Å². The molecule has 1 heterocycles. The van der Waals surface area contributed by atoms with E-state index >= 15 is 0 Å². The molecule has 3 rings (SSSR count). The number of aryl methyl sites for hydroxylation is 1. The van der Waals surface area contributed by atoms with E-state index in [0.29, 0.717) is 11.1 Å². The molecule has 1 fully saturated rings. The lowest BCUT2D eigenvalue weighted by Gasteiger charge is -2.30. The first-order chi connectivity index (χ1) is 22.0. The van der Waals surface area contributed by atoms with Crippen LogP contribution in [0.25, 0.3) is 0 Å². The molecule has 0 aromatic heterocycles. The van der Waals surface area contributed by atoms with Gasteiger partial charge in [-0.3, -0.25) is 14.5 Å². The van der Waals surface area contributed by atoms with Crippen molar-refractivity contribution in [1.82, 2.24) is 4.90 Å². The summed E-state index contributed by atoms with van der Waals surface area (Å²) < 4.78 is 35.8. The fourth-order valence-electron chi connectivity index (χ4n) is 4.71. The predicted octanol–water partition coefficient (Wildman–Crippen LogP) is 10.9. The average molecular weight is 657 g/mol. The van der Waals surface area contributed by atoms with Crippen molar-refractivity contribution in [1.29, 1.82) is 0 Å². The zero-order valence-electron chi connectivity index (χ0n) is 30.1. The van der Waals surface area contributed by atoms with Crippen LogP contribution in [0.1, 0.15) is 114 Å². The molecule has 2 N–H and O–H groups in total. The highest BCUT2D eigenvalue weighted by molar-refractivity contribution is 5.96. The molecule has 262 valence electrons. The number of primary amides is 1. The van der Waals surface area contributed by atoms with Crippen LogP contribution in [-0.2, 0) is 17.5 Å². The first-order valence-electron chi connectivity index (χ1n) is 16.8. The Morgan fingerprint density at radius 1 is 0.936 bits per heavy atom. The van der Waals surface area contributed by atoms with Crippen molar-refractivity contribution in [2.45, 2.75) is 107 Å². The number of carbonyl (C=O) groups is 2. The van der Waals surface area contributed by atoms with E-state index in [9.17, 15) is 22.8 Å². The highest BCUT2D eigenvalue weighted by Crippen LogP contribution is 2.28. The SMILES string of the molecule is C=C/C(=C\C=C(C)C)C(C)=O.CC1CCN(Cc2ccc(C(N)=O)cc2)CC1.CCCC(C)CCC.Cc1ccc(C(F)(F)F)cc1. The van der Waals surface area contributed by atoms with Crippen molar-refractivity contribution in [3.63, 3.8) is 0 Å². The number of Topliss-reactive ketones (excluding diaryl/α,β-unsaturated/α-hetero) is 1. The Morgan fingerprint density at radius 2 is 1.45 bits per heavy atom. The van der Waals surface area contributed by atoms with Crippen LogP contribution < -0.4 is 5.73 Å². The maximum absolute atomic E-state index is 11.9. The summed E-state index contributed by atoms with van der Waals surface area (Å²) in [5.74, 6) is 1.52. The van der Waals surface area contributed by atoms with Crippen LogP contribution in [0.4, 0.5) is 13.2 Å². The first-order valence-corrected chi connectivity index (χ1v) is 16.8. The largest absolute Gasteiger partial charge is 0.416 e. The van der Waals surface area contributed by atoms with Gasteiger partial charge >= 0.3 is 6.18 Å². The number of amides is 1. The third kappa shape index (κ3) is 21.1. The summed E-state index contributed by atoms with van der Waals surface area (Å²) in [6.45, 7) is 23.3. The molecule has 2 aromatic rings. The minimum absolute atomic E-state index is 0.0532. The monoisotopic (exact) mass is 656 g/mol. The number of piperidine rings is 1. The number of allylic oxidation sites excluding steroid dienone is 5. The number of alkyl halides is 3. The number of nitrogens with zero attached hydrogens (tertiary/aromatic N) is 1. The maximum atomic E-state index is 11.9. The number of carbonyl (C=O) groups excluding carboxylic acids is 2. The van der Waals surface area contributed by atoms with Gasteiger partial charge in [-0.1, -0.05) is 114 Å². The van der Waals surface area contributed by atoms with Crippen molar-refractivity contribution >= 4 is 11.7 Å². The standard InChI is InChI=1S/C14H20N2O.C10H14O.C8H7F3.C8H18/c1-11-6-8-16(9-7-11)10-12-2-4-13(5-3-12)14(15)17;1-5-10(9(4)11)7-6-8(2)3;1-6-2-4-7(5-3-6)8(9,10)11;1-4-6-8(3)7-5-2/h2-5,11H,6-10H2,1H3,(H2,15,17);5-7H,1H2,2-4H3;2-5H,1H3;8H,4-7H2,1-3H3/b;10-7+;;. The third-order valence-corrected chi connectivity index (χ3v) is 7.69. The van der Waals surface area contributed by atoms with E-state index in [-0.39, 0.29) is 11.7 Å². The van der Waals surface area contributed by atoms with Crippen LogP contribution >= 0.6 is 0 Å². The number of hydrogen-bond acceptors (Lipinski definition) is 3. The number of halogens is 3. The normalized spacial score (nSPS) is 13.6. The van der Waals surface area contributed by atoms with Gasteiger partial charge in [-0.15, -0.1) is 0 Å². The van der Waals surface area contributed by atoms with Gasteiger partial charge < -0.3 is 5.73 Å². The second-order valence-corrected chi connectivity index (χ2v) is 12.7. The van der Waals surface area contributed by atoms with E-state index in [1.807, 2.05) is 44.2 Å². The Balaban J connectivity index is 0.000000627. The highest BCUT2D eigenvalue weighted by Gasteiger charge is 2.29. The molecule has 1 amide bonds. The molecule has 0 bridgehead atoms. The van der Waals surface area contributed by atoms with Crippen LogP contribution in [-0.4, -0.2) is 29.7 Å². The lowest BCUT2D eigenvalue weighted by atomic mass is 9.99. The summed E-state index contributed by atoms with van der Waals surface area (Å²) in [6.07, 6.45) is 9.14. The van der Waals surface area contributed by atoms with Gasteiger partial charge in [-0.05, 0) is 95.3 Å². The van der Waals surface area contributed by atoms with E-state index in [4.69, 9.17) is 5.73 Å². The lowest BCUT2D eigenvalue weighted by molar-refractivity contribution is -0.137. The van der Waals surface area contributed by atoms with Crippen LogP contribution in [0, 0.1) is 18.8 Å². The number of ketones is 1. The van der Waals surface area contributed by atoms with Crippen molar-refractivity contribution in [3.05, 3.63) is 107 Å². The second-order valence-electron chi connectivity index (χ2n) is 12.7. The summed E-state index contributed by atoms with van der Waals surface area (Å²) in [7, 11) is 0. The van der Waals surface area contributed by atoms with Crippen LogP contribution in [0.2, 0.25) is 0 Å². The summed E-state index contributed by atoms with van der Waals surface area (Å²) in [4.78, 5) is 24.2. The molecule has 0 unspecified atom stereocenters. The molecule has 0 atom stereocenters. The summed E-state index contributed by atoms with van der Waals surface area (Å²) in [5, 5.41) is 0. The van der Waals surface area contributed by atoms with Crippen LogP contribution in [0.5, 0.6) is 0 Å². The number of hydrogen-bond donors (Lipinski definition) is 1. The third-order valence-electron chi connectivity index (χ3n) is 7.69. The topological polar surface area (TPSA) is 63.4 Å². The van der Waals surface area contributed by atoms with Crippen molar-refractivity contribution < 1.29 is 22.8 Å². The zero-order valence-corrected chi connectivity index (χ0v) is 30.1. The second kappa shape index (κ2) is 23.8. The van der Waals surface area contributed by atoms with Gasteiger partial charge in [0.05, 0.1) is 5.56 Å². The molecule has 1 saturated heterocycles. The molecule has 0 aliphatic carbocycles. The molecule has 47 heavy (non-hydrogen) atoms. The van der Waals surface area contributed by atoms with Gasteiger partial charge in [-0.25, -0.2) is 0 Å². The molecule has 4 nitrogen and oxygen atoms in total. The zero-order chi connectivity index (χ0) is 36.0. The highest BCUT2D eigenvalue weighted by atomic mass is 19.4. The Hall–Kier alpha value is -3.45. The Kier molecular flexibility index (Phi) is 22.1. The Bertz CT molecular complexity index is 1230. The van der Waals surface area contributed by atoms with Gasteiger partial charge in [0.1, 0.15) is 0 Å². The van der Waals surface area contributed by atoms with E-state index in [1.165, 1.54) is 81.8 Å². The van der Waals surface area contributed by atoms with Gasteiger partial charge in [-0.2, -0.15) is 13.2 Å². The first kappa shape index (κ1) is 43.6. The number of benzene rings is 2.